The van der Waals surface area contributed by atoms with E-state index in [1.165, 1.54) is 0 Å². The highest BCUT2D eigenvalue weighted by Crippen LogP contribution is 2.27. The molecular weight excluding hydrogens is 285 g/mol. The summed E-state index contributed by atoms with van der Waals surface area (Å²) in [7, 11) is 0. The third-order valence-corrected chi connectivity index (χ3v) is 3.25. The summed E-state index contributed by atoms with van der Waals surface area (Å²) in [4.78, 5) is 8.46. The number of aryl methyl sites for hydroxylation is 1. The van der Waals surface area contributed by atoms with Gasteiger partial charge in [-0.25, -0.2) is 14.6 Å². The fourth-order valence-corrected chi connectivity index (χ4v) is 2.36. The van der Waals surface area contributed by atoms with E-state index in [0.717, 1.165) is 0 Å². The van der Waals surface area contributed by atoms with Crippen molar-refractivity contribution in [3.8, 4) is 5.69 Å². The Balaban J connectivity index is 2.31. The number of nitrogen functional groups attached to an aromatic ring is 1. The predicted octanol–water partition coefficient (Wildman–Crippen LogP) is 3.01. The summed E-state index contributed by atoms with van der Waals surface area (Å²) in [6.45, 7) is 1.77. The molecular formula is C12H9Cl2N5. The van der Waals surface area contributed by atoms with Crippen molar-refractivity contribution < 1.29 is 0 Å². The standard InChI is InChI=1S/C12H9Cl2N5/c1-6-17-11(15)8-5-16-19(12(8)18-6)10-3-2-7(13)4-9(10)14/h2-5H,1H3,(H2,15,17,18). The molecule has 2 N–H and O–H groups in total. The first-order valence-corrected chi connectivity index (χ1v) is 6.25. The third-order valence-electron chi connectivity index (χ3n) is 2.71. The second-order valence-electron chi connectivity index (χ2n) is 4.05. The summed E-state index contributed by atoms with van der Waals surface area (Å²) in [6.07, 6.45) is 1.62. The van der Waals surface area contributed by atoms with Crippen LogP contribution in [-0.2, 0) is 0 Å². The molecule has 7 heteroatoms. The monoisotopic (exact) mass is 293 g/mol. The summed E-state index contributed by atoms with van der Waals surface area (Å²) >= 11 is 12.1. The maximum atomic E-state index is 6.18. The van der Waals surface area contributed by atoms with Crippen LogP contribution in [0.4, 0.5) is 5.82 Å². The molecule has 0 saturated heterocycles. The molecule has 0 atom stereocenters. The summed E-state index contributed by atoms with van der Waals surface area (Å²) in [5, 5.41) is 6.01. The number of fused-ring (bicyclic) bond motifs is 1. The topological polar surface area (TPSA) is 69.6 Å². The lowest BCUT2D eigenvalue weighted by molar-refractivity contribution is 0.890. The van der Waals surface area contributed by atoms with E-state index in [2.05, 4.69) is 15.1 Å². The van der Waals surface area contributed by atoms with E-state index in [1.807, 2.05) is 0 Å². The van der Waals surface area contributed by atoms with Gasteiger partial charge in [-0.15, -0.1) is 0 Å². The van der Waals surface area contributed by atoms with Gasteiger partial charge in [0.1, 0.15) is 11.6 Å². The maximum absolute atomic E-state index is 6.18. The average Bonchev–Trinajstić information content (AvgIpc) is 2.73. The Morgan fingerprint density at radius 3 is 2.74 bits per heavy atom. The van der Waals surface area contributed by atoms with Gasteiger partial charge in [0.05, 0.1) is 22.3 Å². The van der Waals surface area contributed by atoms with E-state index in [-0.39, 0.29) is 0 Å². The van der Waals surface area contributed by atoms with E-state index in [9.17, 15) is 0 Å². The van der Waals surface area contributed by atoms with Gasteiger partial charge in [0.25, 0.3) is 0 Å². The predicted molar refractivity (Wildman–Crippen MR) is 75.8 cm³/mol. The molecule has 2 heterocycles. The Morgan fingerprint density at radius 1 is 1.21 bits per heavy atom. The van der Waals surface area contributed by atoms with Gasteiger partial charge >= 0.3 is 0 Å². The Labute approximate surface area is 119 Å². The zero-order chi connectivity index (χ0) is 13.6. The zero-order valence-corrected chi connectivity index (χ0v) is 11.4. The van der Waals surface area contributed by atoms with Crippen LogP contribution in [0.1, 0.15) is 5.82 Å². The Kier molecular flexibility index (Phi) is 2.80. The summed E-state index contributed by atoms with van der Waals surface area (Å²) in [6, 6.07) is 5.18. The highest BCUT2D eigenvalue weighted by atomic mass is 35.5. The number of hydrogen-bond donors (Lipinski definition) is 1. The van der Waals surface area contributed by atoms with Crippen LogP contribution in [0.25, 0.3) is 16.7 Å². The molecule has 0 amide bonds. The van der Waals surface area contributed by atoms with Gasteiger partial charge in [0.2, 0.25) is 0 Å². The molecule has 0 fully saturated rings. The summed E-state index contributed by atoms with van der Waals surface area (Å²) < 4.78 is 1.62. The van der Waals surface area contributed by atoms with Crippen molar-refractivity contribution in [3.63, 3.8) is 0 Å². The van der Waals surface area contributed by atoms with Crippen LogP contribution in [0.5, 0.6) is 0 Å². The van der Waals surface area contributed by atoms with Gasteiger partial charge in [0, 0.05) is 5.02 Å². The summed E-state index contributed by atoms with van der Waals surface area (Å²) in [5.41, 5.74) is 7.16. The van der Waals surface area contributed by atoms with E-state index >= 15 is 0 Å². The molecule has 0 aliphatic heterocycles. The van der Waals surface area contributed by atoms with Crippen molar-refractivity contribution >= 4 is 40.1 Å². The lowest BCUT2D eigenvalue weighted by atomic mass is 10.3. The van der Waals surface area contributed by atoms with Crippen molar-refractivity contribution in [2.75, 3.05) is 5.73 Å². The minimum absolute atomic E-state index is 0.402. The summed E-state index contributed by atoms with van der Waals surface area (Å²) in [5.74, 6) is 0.982. The average molecular weight is 294 g/mol. The number of nitrogens with two attached hydrogens (primary N) is 1. The highest BCUT2D eigenvalue weighted by molar-refractivity contribution is 6.35. The highest BCUT2D eigenvalue weighted by Gasteiger charge is 2.13. The van der Waals surface area contributed by atoms with E-state index in [1.54, 1.807) is 36.0 Å². The van der Waals surface area contributed by atoms with Crippen LogP contribution in [0, 0.1) is 6.92 Å². The Bertz CT molecular complexity index is 781. The minimum atomic E-state index is 0.402. The molecule has 3 rings (SSSR count). The lowest BCUT2D eigenvalue weighted by Gasteiger charge is -2.06. The van der Waals surface area contributed by atoms with E-state index < -0.39 is 0 Å². The number of aromatic nitrogens is 4. The normalized spacial score (nSPS) is 11.1. The number of nitrogens with zero attached hydrogens (tertiary/aromatic N) is 4. The maximum Gasteiger partial charge on any atom is 0.168 e. The molecule has 0 unspecified atom stereocenters. The number of anilines is 1. The molecule has 96 valence electrons. The first kappa shape index (κ1) is 12.2. The first-order valence-electron chi connectivity index (χ1n) is 5.49. The van der Waals surface area contributed by atoms with Crippen LogP contribution in [-0.4, -0.2) is 19.7 Å². The molecule has 0 bridgehead atoms. The number of hydrogen-bond acceptors (Lipinski definition) is 4. The van der Waals surface area contributed by atoms with Crippen molar-refractivity contribution in [1.29, 1.82) is 0 Å². The number of halogens is 2. The molecule has 1 aromatic carbocycles. The molecule has 19 heavy (non-hydrogen) atoms. The number of rotatable bonds is 1. The smallest absolute Gasteiger partial charge is 0.168 e. The third kappa shape index (κ3) is 2.01. The zero-order valence-electron chi connectivity index (χ0n) is 9.93. The van der Waals surface area contributed by atoms with Crippen LogP contribution < -0.4 is 5.73 Å². The van der Waals surface area contributed by atoms with Gasteiger partial charge in [-0.2, -0.15) is 5.10 Å². The minimum Gasteiger partial charge on any atom is -0.383 e. The SMILES string of the molecule is Cc1nc(N)c2cnn(-c3ccc(Cl)cc3Cl)c2n1. The number of benzene rings is 1. The van der Waals surface area contributed by atoms with Crippen LogP contribution in [0.3, 0.4) is 0 Å². The van der Waals surface area contributed by atoms with Crippen molar-refractivity contribution in [3.05, 3.63) is 40.3 Å². The van der Waals surface area contributed by atoms with Gasteiger partial charge in [0.15, 0.2) is 5.65 Å². The molecule has 5 nitrogen and oxygen atoms in total. The van der Waals surface area contributed by atoms with Crippen molar-refractivity contribution in [2.45, 2.75) is 6.92 Å². The largest absolute Gasteiger partial charge is 0.383 e. The molecule has 2 aromatic heterocycles. The second-order valence-corrected chi connectivity index (χ2v) is 4.89. The second kappa shape index (κ2) is 4.36. The molecule has 0 aliphatic carbocycles. The van der Waals surface area contributed by atoms with Crippen LogP contribution in [0.2, 0.25) is 10.0 Å². The van der Waals surface area contributed by atoms with Crippen molar-refractivity contribution in [2.24, 2.45) is 0 Å². The fourth-order valence-electron chi connectivity index (χ4n) is 1.87. The lowest BCUT2D eigenvalue weighted by Crippen LogP contribution is -2.02. The Hall–Kier alpha value is -1.85. The molecule has 0 aliphatic rings. The molecule has 3 aromatic rings. The molecule has 0 radical (unpaired) electrons. The quantitative estimate of drug-likeness (QED) is 0.749. The van der Waals surface area contributed by atoms with Gasteiger partial charge in [-0.05, 0) is 25.1 Å². The van der Waals surface area contributed by atoms with Crippen molar-refractivity contribution in [1.82, 2.24) is 19.7 Å². The van der Waals surface area contributed by atoms with Gasteiger partial charge in [-0.3, -0.25) is 0 Å². The van der Waals surface area contributed by atoms with Crippen LogP contribution in [0.15, 0.2) is 24.4 Å². The first-order chi connectivity index (χ1) is 9.06. The van der Waals surface area contributed by atoms with Gasteiger partial charge in [-0.1, -0.05) is 23.2 Å². The molecule has 0 saturated carbocycles. The Morgan fingerprint density at radius 2 is 2.00 bits per heavy atom. The van der Waals surface area contributed by atoms with E-state index in [4.69, 9.17) is 28.9 Å². The van der Waals surface area contributed by atoms with E-state index in [0.29, 0.717) is 38.4 Å². The van der Waals surface area contributed by atoms with Crippen LogP contribution >= 0.6 is 23.2 Å². The van der Waals surface area contributed by atoms with Gasteiger partial charge < -0.3 is 5.73 Å². The molecule has 0 spiro atoms. The fraction of sp³-hybridized carbons (Fsp3) is 0.0833.